The molecule has 1 aromatic heterocycles. The predicted molar refractivity (Wildman–Crippen MR) is 114 cm³/mol. The first-order chi connectivity index (χ1) is 14.7. The fourth-order valence-corrected chi connectivity index (χ4v) is 3.93. The van der Waals surface area contributed by atoms with Crippen molar-refractivity contribution in [3.8, 4) is 5.69 Å². The van der Waals surface area contributed by atoms with Gasteiger partial charge in [0.15, 0.2) is 5.69 Å². The first kappa shape index (κ1) is 21.2. The zero-order valence-electron chi connectivity index (χ0n) is 16.7. The summed E-state index contributed by atoms with van der Waals surface area (Å²) in [6.45, 7) is 3.76. The highest BCUT2D eigenvalue weighted by Gasteiger charge is 2.40. The van der Waals surface area contributed by atoms with E-state index in [1.165, 1.54) is 18.2 Å². The Labute approximate surface area is 182 Å². The van der Waals surface area contributed by atoms with Gasteiger partial charge in [-0.25, -0.2) is 4.68 Å². The fraction of sp³-hybridized carbons (Fsp3) is 0.273. The van der Waals surface area contributed by atoms with Gasteiger partial charge in [-0.05, 0) is 61.7 Å². The van der Waals surface area contributed by atoms with Crippen LogP contribution in [-0.4, -0.2) is 28.8 Å². The van der Waals surface area contributed by atoms with Gasteiger partial charge in [-0.1, -0.05) is 17.7 Å². The van der Waals surface area contributed by atoms with Gasteiger partial charge in [0.1, 0.15) is 0 Å². The van der Waals surface area contributed by atoms with E-state index >= 15 is 0 Å². The first-order valence-electron chi connectivity index (χ1n) is 9.82. The van der Waals surface area contributed by atoms with Crippen LogP contribution in [0.15, 0.2) is 48.7 Å². The summed E-state index contributed by atoms with van der Waals surface area (Å²) in [7, 11) is 0. The minimum Gasteiger partial charge on any atom is -0.372 e. The van der Waals surface area contributed by atoms with Crippen LogP contribution in [0, 0.1) is 6.92 Å². The molecule has 0 saturated carbocycles. The number of nitrogens with zero attached hydrogens (tertiary/aromatic N) is 3. The third kappa shape index (κ3) is 4.39. The topological polar surface area (TPSA) is 50.2 Å². The summed E-state index contributed by atoms with van der Waals surface area (Å²) in [6.07, 6.45) is -1.60. The van der Waals surface area contributed by atoms with E-state index in [-0.39, 0.29) is 10.7 Å². The Bertz CT molecular complexity index is 1120. The molecule has 0 aliphatic carbocycles. The summed E-state index contributed by atoms with van der Waals surface area (Å²) in [5, 5.41) is 6.68. The lowest BCUT2D eigenvalue weighted by Crippen LogP contribution is -2.21. The molecule has 5 nitrogen and oxygen atoms in total. The first-order valence-corrected chi connectivity index (χ1v) is 10.2. The number of carbonyl (C=O) groups is 1. The molecule has 1 amide bonds. The third-order valence-corrected chi connectivity index (χ3v) is 5.50. The number of halogens is 4. The molecule has 1 aliphatic rings. The summed E-state index contributed by atoms with van der Waals surface area (Å²) in [5.41, 5.74) is 0.669. The van der Waals surface area contributed by atoms with Crippen molar-refractivity contribution in [2.45, 2.75) is 25.9 Å². The molecular formula is C22H20ClF3N4O. The lowest BCUT2D eigenvalue weighted by Gasteiger charge is -2.19. The second-order valence-electron chi connectivity index (χ2n) is 7.44. The molecule has 1 fully saturated rings. The lowest BCUT2D eigenvalue weighted by molar-refractivity contribution is -0.143. The standard InChI is InChI=1S/C22H20ClF3N4O/c1-14-11-16(29-9-2-3-10-29)7-8-19(14)28-21(31)18-13-27-30(20(18)22(24,25)26)17-6-4-5-15(23)12-17/h4-8,11-13H,2-3,9-10H2,1H3,(H,28,31). The molecule has 1 saturated heterocycles. The lowest BCUT2D eigenvalue weighted by atomic mass is 10.1. The Hall–Kier alpha value is -3.00. The van der Waals surface area contributed by atoms with Gasteiger partial charge in [0, 0.05) is 29.5 Å². The molecule has 1 N–H and O–H groups in total. The average Bonchev–Trinajstić information content (AvgIpc) is 3.39. The highest BCUT2D eigenvalue weighted by Crippen LogP contribution is 2.35. The third-order valence-electron chi connectivity index (χ3n) is 5.26. The van der Waals surface area contributed by atoms with E-state index in [0.29, 0.717) is 10.4 Å². The Morgan fingerprint density at radius 1 is 1.10 bits per heavy atom. The van der Waals surface area contributed by atoms with Gasteiger partial charge >= 0.3 is 6.18 Å². The number of aryl methyl sites for hydroxylation is 1. The fourth-order valence-electron chi connectivity index (χ4n) is 3.74. The summed E-state index contributed by atoms with van der Waals surface area (Å²) >= 11 is 5.91. The second-order valence-corrected chi connectivity index (χ2v) is 7.88. The van der Waals surface area contributed by atoms with Gasteiger partial charge in [0.05, 0.1) is 17.4 Å². The normalized spacial score (nSPS) is 14.2. The van der Waals surface area contributed by atoms with Crippen LogP contribution in [-0.2, 0) is 6.18 Å². The maximum Gasteiger partial charge on any atom is 0.434 e. The van der Waals surface area contributed by atoms with E-state index in [1.807, 2.05) is 19.1 Å². The molecule has 2 aromatic carbocycles. The molecule has 1 aliphatic heterocycles. The number of anilines is 2. The van der Waals surface area contributed by atoms with E-state index in [2.05, 4.69) is 15.3 Å². The summed E-state index contributed by atoms with van der Waals surface area (Å²) in [4.78, 5) is 15.0. The van der Waals surface area contributed by atoms with Crippen LogP contribution in [0.4, 0.5) is 24.5 Å². The monoisotopic (exact) mass is 448 g/mol. The molecule has 0 spiro atoms. The van der Waals surface area contributed by atoms with E-state index in [9.17, 15) is 18.0 Å². The van der Waals surface area contributed by atoms with Gasteiger partial charge in [-0.3, -0.25) is 4.79 Å². The molecule has 2 heterocycles. The quantitative estimate of drug-likeness (QED) is 0.556. The predicted octanol–water partition coefficient (Wildman–Crippen LogP) is 5.71. The molecule has 0 atom stereocenters. The van der Waals surface area contributed by atoms with Gasteiger partial charge in [-0.2, -0.15) is 18.3 Å². The molecular weight excluding hydrogens is 429 g/mol. The van der Waals surface area contributed by atoms with Crippen LogP contribution in [0.1, 0.15) is 34.5 Å². The maximum atomic E-state index is 13.9. The number of hydrogen-bond donors (Lipinski definition) is 1. The van der Waals surface area contributed by atoms with E-state index < -0.39 is 23.3 Å². The van der Waals surface area contributed by atoms with Gasteiger partial charge in [-0.15, -0.1) is 0 Å². The van der Waals surface area contributed by atoms with Crippen molar-refractivity contribution in [2.24, 2.45) is 0 Å². The maximum absolute atomic E-state index is 13.9. The molecule has 3 aromatic rings. The second kappa shape index (κ2) is 8.26. The number of nitrogens with one attached hydrogen (secondary N) is 1. The number of benzene rings is 2. The van der Waals surface area contributed by atoms with Crippen LogP contribution >= 0.6 is 11.6 Å². The van der Waals surface area contributed by atoms with Crippen LogP contribution in [0.3, 0.4) is 0 Å². The largest absolute Gasteiger partial charge is 0.434 e. The van der Waals surface area contributed by atoms with Crippen LogP contribution in [0.25, 0.3) is 5.69 Å². The molecule has 9 heteroatoms. The van der Waals surface area contributed by atoms with Crippen molar-refractivity contribution in [1.82, 2.24) is 9.78 Å². The van der Waals surface area contributed by atoms with Crippen LogP contribution in [0.2, 0.25) is 5.02 Å². The number of alkyl halides is 3. The molecule has 31 heavy (non-hydrogen) atoms. The Kier molecular flexibility index (Phi) is 5.66. The summed E-state index contributed by atoms with van der Waals surface area (Å²) in [5.74, 6) is -0.877. The SMILES string of the molecule is Cc1cc(N2CCCC2)ccc1NC(=O)c1cnn(-c2cccc(Cl)c2)c1C(F)(F)F. The minimum absolute atomic E-state index is 0.116. The van der Waals surface area contributed by atoms with Crippen molar-refractivity contribution >= 4 is 28.9 Å². The number of hydrogen-bond acceptors (Lipinski definition) is 3. The van der Waals surface area contributed by atoms with Crippen molar-refractivity contribution in [3.05, 3.63) is 70.5 Å². The Balaban J connectivity index is 1.64. The molecule has 4 rings (SSSR count). The Morgan fingerprint density at radius 2 is 1.84 bits per heavy atom. The zero-order valence-corrected chi connectivity index (χ0v) is 17.5. The molecule has 0 unspecified atom stereocenters. The molecule has 162 valence electrons. The van der Waals surface area contributed by atoms with E-state index in [0.717, 1.165) is 43.4 Å². The zero-order chi connectivity index (χ0) is 22.2. The number of aromatic nitrogens is 2. The smallest absolute Gasteiger partial charge is 0.372 e. The number of carbonyl (C=O) groups excluding carboxylic acids is 1. The van der Waals surface area contributed by atoms with Crippen LogP contribution in [0.5, 0.6) is 0 Å². The minimum atomic E-state index is -4.79. The number of rotatable bonds is 4. The van der Waals surface area contributed by atoms with Gasteiger partial charge < -0.3 is 10.2 Å². The van der Waals surface area contributed by atoms with Gasteiger partial charge in [0.2, 0.25) is 0 Å². The van der Waals surface area contributed by atoms with E-state index in [4.69, 9.17) is 11.6 Å². The van der Waals surface area contributed by atoms with Crippen LogP contribution < -0.4 is 10.2 Å². The van der Waals surface area contributed by atoms with Crippen molar-refractivity contribution in [1.29, 1.82) is 0 Å². The molecule has 0 bridgehead atoms. The highest BCUT2D eigenvalue weighted by atomic mass is 35.5. The molecule has 0 radical (unpaired) electrons. The summed E-state index contributed by atoms with van der Waals surface area (Å²) < 4.78 is 42.2. The average molecular weight is 449 g/mol. The van der Waals surface area contributed by atoms with Gasteiger partial charge in [0.25, 0.3) is 5.91 Å². The Morgan fingerprint density at radius 3 is 2.48 bits per heavy atom. The highest BCUT2D eigenvalue weighted by molar-refractivity contribution is 6.30. The number of amides is 1. The van der Waals surface area contributed by atoms with Crippen molar-refractivity contribution in [2.75, 3.05) is 23.3 Å². The van der Waals surface area contributed by atoms with Crippen molar-refractivity contribution in [3.63, 3.8) is 0 Å². The summed E-state index contributed by atoms with van der Waals surface area (Å²) in [6, 6.07) is 11.4. The van der Waals surface area contributed by atoms with E-state index in [1.54, 1.807) is 12.1 Å². The van der Waals surface area contributed by atoms with Crippen molar-refractivity contribution < 1.29 is 18.0 Å².